The Kier molecular flexibility index (Phi) is 5.07. The molecule has 0 unspecified atom stereocenters. The van der Waals surface area contributed by atoms with Crippen LogP contribution in [-0.4, -0.2) is 35.7 Å². The standard InChI is InChI=1S/C14H15N3O5/c1-9-16-12(17-22-9)7-20-11-5-3-10(4-6-11)14(19)21-8-13(18)15-2/h3-6H,7-8H2,1-2H3,(H,15,18). The summed E-state index contributed by atoms with van der Waals surface area (Å²) in [4.78, 5) is 26.7. The van der Waals surface area contributed by atoms with Gasteiger partial charge in [-0.1, -0.05) is 5.16 Å². The Bertz CT molecular complexity index is 651. The molecule has 22 heavy (non-hydrogen) atoms. The second kappa shape index (κ2) is 7.21. The second-order valence-corrected chi connectivity index (χ2v) is 4.29. The fourth-order valence-electron chi connectivity index (χ4n) is 1.52. The number of carbonyl (C=O) groups is 2. The van der Waals surface area contributed by atoms with Crippen LogP contribution in [0.3, 0.4) is 0 Å². The highest BCUT2D eigenvalue weighted by Crippen LogP contribution is 2.14. The van der Waals surface area contributed by atoms with Gasteiger partial charge in [-0.15, -0.1) is 0 Å². The number of likely N-dealkylation sites (N-methyl/N-ethyl adjacent to an activating group) is 1. The average molecular weight is 305 g/mol. The van der Waals surface area contributed by atoms with E-state index in [-0.39, 0.29) is 19.1 Å². The van der Waals surface area contributed by atoms with E-state index in [1.807, 2.05) is 0 Å². The van der Waals surface area contributed by atoms with Gasteiger partial charge in [-0.3, -0.25) is 4.79 Å². The molecule has 1 N–H and O–H groups in total. The molecule has 0 atom stereocenters. The van der Waals surface area contributed by atoms with Gasteiger partial charge in [0.05, 0.1) is 5.56 Å². The van der Waals surface area contributed by atoms with E-state index in [9.17, 15) is 9.59 Å². The highest BCUT2D eigenvalue weighted by Gasteiger charge is 2.10. The first-order chi connectivity index (χ1) is 10.6. The number of aryl methyl sites for hydroxylation is 1. The summed E-state index contributed by atoms with van der Waals surface area (Å²) in [5.74, 6) is 0.498. The van der Waals surface area contributed by atoms with E-state index in [0.29, 0.717) is 23.0 Å². The Morgan fingerprint density at radius 2 is 2.00 bits per heavy atom. The molecule has 8 nitrogen and oxygen atoms in total. The number of hydrogen-bond donors (Lipinski definition) is 1. The number of amides is 1. The molecule has 0 bridgehead atoms. The minimum Gasteiger partial charge on any atom is -0.485 e. The first-order valence-corrected chi connectivity index (χ1v) is 6.48. The van der Waals surface area contributed by atoms with Gasteiger partial charge < -0.3 is 19.3 Å². The minimum atomic E-state index is -0.580. The van der Waals surface area contributed by atoms with Crippen LogP contribution in [0.25, 0.3) is 0 Å². The quantitative estimate of drug-likeness (QED) is 0.789. The third-order valence-electron chi connectivity index (χ3n) is 2.64. The Balaban J connectivity index is 1.86. The molecule has 0 aliphatic heterocycles. The van der Waals surface area contributed by atoms with Crippen LogP contribution >= 0.6 is 0 Å². The van der Waals surface area contributed by atoms with Crippen molar-refractivity contribution in [2.45, 2.75) is 13.5 Å². The lowest BCUT2D eigenvalue weighted by Crippen LogP contribution is -2.25. The maximum Gasteiger partial charge on any atom is 0.338 e. The van der Waals surface area contributed by atoms with Gasteiger partial charge in [0.15, 0.2) is 13.2 Å². The Morgan fingerprint density at radius 3 is 2.59 bits per heavy atom. The number of nitrogens with zero attached hydrogens (tertiary/aromatic N) is 2. The molecule has 0 fully saturated rings. The SMILES string of the molecule is CNC(=O)COC(=O)c1ccc(OCc2noc(C)n2)cc1. The molecule has 0 saturated carbocycles. The molecule has 2 aromatic rings. The second-order valence-electron chi connectivity index (χ2n) is 4.29. The van der Waals surface area contributed by atoms with E-state index in [1.54, 1.807) is 31.2 Å². The number of hydrogen-bond acceptors (Lipinski definition) is 7. The molecule has 0 saturated heterocycles. The normalized spacial score (nSPS) is 10.1. The number of aromatic nitrogens is 2. The van der Waals surface area contributed by atoms with Crippen molar-refractivity contribution in [1.29, 1.82) is 0 Å². The van der Waals surface area contributed by atoms with Crippen LogP contribution in [0.5, 0.6) is 5.75 Å². The van der Waals surface area contributed by atoms with Crippen LogP contribution in [0.2, 0.25) is 0 Å². The molecule has 0 radical (unpaired) electrons. The molecule has 1 heterocycles. The first kappa shape index (κ1) is 15.5. The number of esters is 1. The predicted octanol–water partition coefficient (Wildman–Crippen LogP) is 0.860. The Morgan fingerprint density at radius 1 is 1.27 bits per heavy atom. The van der Waals surface area contributed by atoms with Crippen LogP contribution < -0.4 is 10.1 Å². The van der Waals surface area contributed by atoms with Gasteiger partial charge in [0, 0.05) is 14.0 Å². The largest absolute Gasteiger partial charge is 0.485 e. The number of nitrogens with one attached hydrogen (secondary N) is 1. The third-order valence-corrected chi connectivity index (χ3v) is 2.64. The van der Waals surface area contributed by atoms with E-state index >= 15 is 0 Å². The monoisotopic (exact) mass is 305 g/mol. The zero-order valence-electron chi connectivity index (χ0n) is 12.2. The van der Waals surface area contributed by atoms with Gasteiger partial charge in [0.1, 0.15) is 5.75 Å². The van der Waals surface area contributed by atoms with Gasteiger partial charge >= 0.3 is 5.97 Å². The van der Waals surface area contributed by atoms with E-state index in [4.69, 9.17) is 14.0 Å². The van der Waals surface area contributed by atoms with E-state index in [2.05, 4.69) is 15.5 Å². The molecule has 1 aromatic carbocycles. The van der Waals surface area contributed by atoms with Crippen LogP contribution in [0, 0.1) is 6.92 Å². The third kappa shape index (κ3) is 4.30. The molecule has 1 aromatic heterocycles. The zero-order chi connectivity index (χ0) is 15.9. The zero-order valence-corrected chi connectivity index (χ0v) is 12.2. The molecular weight excluding hydrogens is 290 g/mol. The summed E-state index contributed by atoms with van der Waals surface area (Å²) in [6.45, 7) is 1.54. The van der Waals surface area contributed by atoms with Crippen molar-refractivity contribution in [2.24, 2.45) is 0 Å². The number of rotatable bonds is 6. The minimum absolute atomic E-state index is 0.164. The van der Waals surface area contributed by atoms with Crippen LogP contribution in [0.15, 0.2) is 28.8 Å². The maximum absolute atomic E-state index is 11.7. The van der Waals surface area contributed by atoms with Crippen molar-refractivity contribution >= 4 is 11.9 Å². The van der Waals surface area contributed by atoms with Crippen LogP contribution in [-0.2, 0) is 16.1 Å². The number of carbonyl (C=O) groups excluding carboxylic acids is 2. The van der Waals surface area contributed by atoms with Crippen molar-refractivity contribution < 1.29 is 23.6 Å². The Labute approximate surface area is 126 Å². The molecule has 0 aliphatic carbocycles. The molecular formula is C14H15N3O5. The predicted molar refractivity (Wildman–Crippen MR) is 74.2 cm³/mol. The topological polar surface area (TPSA) is 104 Å². The van der Waals surface area contributed by atoms with Crippen molar-refractivity contribution in [3.05, 3.63) is 41.5 Å². The highest BCUT2D eigenvalue weighted by molar-refractivity contribution is 5.91. The lowest BCUT2D eigenvalue weighted by atomic mass is 10.2. The van der Waals surface area contributed by atoms with Crippen molar-refractivity contribution in [3.63, 3.8) is 0 Å². The lowest BCUT2D eigenvalue weighted by molar-refractivity contribution is -0.123. The lowest BCUT2D eigenvalue weighted by Gasteiger charge is -2.06. The molecule has 116 valence electrons. The van der Waals surface area contributed by atoms with E-state index < -0.39 is 5.97 Å². The molecule has 2 rings (SSSR count). The fourth-order valence-corrected chi connectivity index (χ4v) is 1.52. The van der Waals surface area contributed by atoms with Crippen molar-refractivity contribution in [1.82, 2.24) is 15.5 Å². The summed E-state index contributed by atoms with van der Waals surface area (Å²) in [7, 11) is 1.47. The summed E-state index contributed by atoms with van der Waals surface area (Å²) < 4.78 is 15.1. The molecule has 0 spiro atoms. The van der Waals surface area contributed by atoms with E-state index in [1.165, 1.54) is 7.05 Å². The van der Waals surface area contributed by atoms with Gasteiger partial charge in [0.25, 0.3) is 5.91 Å². The van der Waals surface area contributed by atoms with Gasteiger partial charge in [0.2, 0.25) is 11.7 Å². The van der Waals surface area contributed by atoms with Crippen LogP contribution in [0.1, 0.15) is 22.1 Å². The summed E-state index contributed by atoms with van der Waals surface area (Å²) in [5.41, 5.74) is 0.326. The average Bonchev–Trinajstić information content (AvgIpc) is 2.96. The van der Waals surface area contributed by atoms with Gasteiger partial charge in [-0.2, -0.15) is 4.98 Å². The Hall–Kier alpha value is -2.90. The van der Waals surface area contributed by atoms with Gasteiger partial charge in [-0.25, -0.2) is 4.79 Å². The first-order valence-electron chi connectivity index (χ1n) is 6.48. The maximum atomic E-state index is 11.7. The number of ether oxygens (including phenoxy) is 2. The van der Waals surface area contributed by atoms with Crippen LogP contribution in [0.4, 0.5) is 0 Å². The summed E-state index contributed by atoms with van der Waals surface area (Å²) >= 11 is 0. The van der Waals surface area contributed by atoms with Crippen molar-refractivity contribution in [3.8, 4) is 5.75 Å². The summed E-state index contributed by atoms with van der Waals surface area (Å²) in [5, 5.41) is 6.06. The van der Waals surface area contributed by atoms with E-state index in [0.717, 1.165) is 0 Å². The highest BCUT2D eigenvalue weighted by atomic mass is 16.5. The van der Waals surface area contributed by atoms with Crippen molar-refractivity contribution in [2.75, 3.05) is 13.7 Å². The van der Waals surface area contributed by atoms with Gasteiger partial charge in [-0.05, 0) is 24.3 Å². The summed E-state index contributed by atoms with van der Waals surface area (Å²) in [6, 6.07) is 6.32. The molecule has 0 aliphatic rings. The molecule has 8 heteroatoms. The smallest absolute Gasteiger partial charge is 0.338 e. The fraction of sp³-hybridized carbons (Fsp3) is 0.286. The summed E-state index contributed by atoms with van der Waals surface area (Å²) in [6.07, 6.45) is 0. The molecule has 1 amide bonds. The number of benzene rings is 1.